The van der Waals surface area contributed by atoms with Gasteiger partial charge in [0.05, 0.1) is 7.11 Å². The van der Waals surface area contributed by atoms with Gasteiger partial charge in [0, 0.05) is 62.3 Å². The van der Waals surface area contributed by atoms with Crippen molar-refractivity contribution in [3.05, 3.63) is 29.8 Å². The van der Waals surface area contributed by atoms with Gasteiger partial charge < -0.3 is 19.9 Å². The second-order valence-corrected chi connectivity index (χ2v) is 7.48. The van der Waals surface area contributed by atoms with Crippen LogP contribution in [0.3, 0.4) is 0 Å². The molecular formula is C18H25N3O3S. The van der Waals surface area contributed by atoms with Gasteiger partial charge in [0.15, 0.2) is 0 Å². The number of ether oxygens (including phenoxy) is 1. The van der Waals surface area contributed by atoms with Crippen molar-refractivity contribution >= 4 is 23.6 Å². The third kappa shape index (κ3) is 4.67. The summed E-state index contributed by atoms with van der Waals surface area (Å²) in [6.07, 6.45) is 0.552. The lowest BCUT2D eigenvalue weighted by molar-refractivity contribution is -0.133. The zero-order valence-electron chi connectivity index (χ0n) is 14.6. The van der Waals surface area contributed by atoms with Gasteiger partial charge in [-0.15, -0.1) is 0 Å². The van der Waals surface area contributed by atoms with Crippen LogP contribution in [0.4, 0.5) is 0 Å². The van der Waals surface area contributed by atoms with Gasteiger partial charge in [0.25, 0.3) is 5.91 Å². The van der Waals surface area contributed by atoms with Crippen LogP contribution in [-0.2, 0) is 4.79 Å². The molecule has 1 unspecified atom stereocenters. The van der Waals surface area contributed by atoms with Gasteiger partial charge in [0.2, 0.25) is 5.91 Å². The van der Waals surface area contributed by atoms with Crippen LogP contribution in [0.2, 0.25) is 0 Å². The van der Waals surface area contributed by atoms with Gasteiger partial charge in [-0.2, -0.15) is 11.8 Å². The van der Waals surface area contributed by atoms with E-state index >= 15 is 0 Å². The third-order valence-corrected chi connectivity index (χ3v) is 5.79. The van der Waals surface area contributed by atoms with Crippen LogP contribution in [0.5, 0.6) is 5.75 Å². The molecule has 136 valence electrons. The first-order valence-electron chi connectivity index (χ1n) is 8.69. The van der Waals surface area contributed by atoms with Gasteiger partial charge >= 0.3 is 0 Å². The SMILES string of the molecule is COc1cccc(C(=O)N2CCN(C(=O)CC3CSCCN3)CC2)c1. The fourth-order valence-electron chi connectivity index (χ4n) is 3.19. The van der Waals surface area contributed by atoms with Crippen LogP contribution in [0, 0.1) is 0 Å². The number of methoxy groups -OCH3 is 1. The number of carbonyl (C=O) groups is 2. The molecule has 1 aromatic carbocycles. The summed E-state index contributed by atoms with van der Waals surface area (Å²) in [5.41, 5.74) is 0.627. The molecule has 2 amide bonds. The molecule has 1 atom stereocenters. The van der Waals surface area contributed by atoms with Crippen molar-refractivity contribution in [3.63, 3.8) is 0 Å². The summed E-state index contributed by atoms with van der Waals surface area (Å²) in [6, 6.07) is 7.48. The Kier molecular flexibility index (Phi) is 6.20. The molecule has 2 aliphatic rings. The summed E-state index contributed by atoms with van der Waals surface area (Å²) in [4.78, 5) is 28.8. The van der Waals surface area contributed by atoms with Gasteiger partial charge in [-0.1, -0.05) is 6.07 Å². The second-order valence-electron chi connectivity index (χ2n) is 6.34. The van der Waals surface area contributed by atoms with E-state index in [4.69, 9.17) is 4.74 Å². The molecule has 7 heteroatoms. The van der Waals surface area contributed by atoms with E-state index in [0.717, 1.165) is 18.1 Å². The molecule has 2 heterocycles. The van der Waals surface area contributed by atoms with Gasteiger partial charge in [-0.05, 0) is 18.2 Å². The number of nitrogens with one attached hydrogen (secondary N) is 1. The largest absolute Gasteiger partial charge is 0.497 e. The Morgan fingerprint density at radius 2 is 2.00 bits per heavy atom. The Balaban J connectivity index is 1.50. The Hall–Kier alpha value is -1.73. The van der Waals surface area contributed by atoms with E-state index in [2.05, 4.69) is 5.32 Å². The lowest BCUT2D eigenvalue weighted by Gasteiger charge is -2.36. The van der Waals surface area contributed by atoms with Crippen molar-refractivity contribution in [2.24, 2.45) is 0 Å². The van der Waals surface area contributed by atoms with Gasteiger partial charge in [-0.25, -0.2) is 0 Å². The minimum absolute atomic E-state index is 0.00338. The maximum atomic E-state index is 12.6. The molecule has 0 aliphatic carbocycles. The van der Waals surface area contributed by atoms with E-state index in [0.29, 0.717) is 43.9 Å². The number of amides is 2. The quantitative estimate of drug-likeness (QED) is 0.867. The standard InChI is InChI=1S/C18H25N3O3S/c1-24-16-4-2-3-14(11-16)18(23)21-8-6-20(7-9-21)17(22)12-15-13-25-10-5-19-15/h2-4,11,15,19H,5-10,12-13H2,1H3. The molecule has 2 fully saturated rings. The predicted octanol–water partition coefficient (Wildman–Crippen LogP) is 1.07. The molecule has 2 aliphatic heterocycles. The number of rotatable bonds is 4. The van der Waals surface area contributed by atoms with Crippen molar-refractivity contribution in [2.75, 3.05) is 51.3 Å². The van der Waals surface area contributed by atoms with Crippen LogP contribution in [0.1, 0.15) is 16.8 Å². The highest BCUT2D eigenvalue weighted by Gasteiger charge is 2.26. The zero-order chi connectivity index (χ0) is 17.6. The minimum Gasteiger partial charge on any atom is -0.497 e. The molecule has 6 nitrogen and oxygen atoms in total. The van der Waals surface area contributed by atoms with Crippen molar-refractivity contribution < 1.29 is 14.3 Å². The molecule has 3 rings (SSSR count). The summed E-state index contributed by atoms with van der Waals surface area (Å²) in [6.45, 7) is 3.34. The lowest BCUT2D eigenvalue weighted by Crippen LogP contribution is -2.52. The van der Waals surface area contributed by atoms with E-state index < -0.39 is 0 Å². The fourth-order valence-corrected chi connectivity index (χ4v) is 4.14. The first-order chi connectivity index (χ1) is 12.2. The normalized spacial score (nSPS) is 21.1. The monoisotopic (exact) mass is 363 g/mol. The summed E-state index contributed by atoms with van der Waals surface area (Å²) < 4.78 is 5.18. The fraction of sp³-hybridized carbons (Fsp3) is 0.556. The number of hydrogen-bond donors (Lipinski definition) is 1. The number of nitrogens with zero attached hydrogens (tertiary/aromatic N) is 2. The molecule has 0 saturated carbocycles. The molecule has 0 bridgehead atoms. The van der Waals surface area contributed by atoms with Crippen LogP contribution in [0.15, 0.2) is 24.3 Å². The molecule has 0 aromatic heterocycles. The zero-order valence-corrected chi connectivity index (χ0v) is 15.4. The van der Waals surface area contributed by atoms with E-state index in [1.165, 1.54) is 0 Å². The summed E-state index contributed by atoms with van der Waals surface area (Å²) >= 11 is 1.90. The van der Waals surface area contributed by atoms with Gasteiger partial charge in [-0.3, -0.25) is 9.59 Å². The van der Waals surface area contributed by atoms with Gasteiger partial charge in [0.1, 0.15) is 5.75 Å². The molecule has 1 aromatic rings. The van der Waals surface area contributed by atoms with E-state index in [1.54, 1.807) is 19.2 Å². The molecule has 0 spiro atoms. The van der Waals surface area contributed by atoms with Crippen LogP contribution in [0.25, 0.3) is 0 Å². The first-order valence-corrected chi connectivity index (χ1v) is 9.85. The smallest absolute Gasteiger partial charge is 0.254 e. The molecule has 2 saturated heterocycles. The van der Waals surface area contributed by atoms with E-state index in [1.807, 2.05) is 33.7 Å². The number of piperazine rings is 1. The molecule has 25 heavy (non-hydrogen) atoms. The molecular weight excluding hydrogens is 338 g/mol. The highest BCUT2D eigenvalue weighted by Crippen LogP contribution is 2.16. The first kappa shape index (κ1) is 18.1. The van der Waals surface area contributed by atoms with E-state index in [9.17, 15) is 9.59 Å². The predicted molar refractivity (Wildman–Crippen MR) is 99.2 cm³/mol. The molecule has 0 radical (unpaired) electrons. The highest BCUT2D eigenvalue weighted by atomic mass is 32.2. The van der Waals surface area contributed by atoms with Crippen molar-refractivity contribution in [3.8, 4) is 5.75 Å². The van der Waals surface area contributed by atoms with Crippen LogP contribution in [-0.4, -0.2) is 79.0 Å². The third-order valence-electron chi connectivity index (χ3n) is 4.66. The van der Waals surface area contributed by atoms with Crippen molar-refractivity contribution in [1.82, 2.24) is 15.1 Å². The van der Waals surface area contributed by atoms with Crippen molar-refractivity contribution in [2.45, 2.75) is 12.5 Å². The Labute approximate surface area is 152 Å². The number of benzene rings is 1. The van der Waals surface area contributed by atoms with Crippen LogP contribution < -0.4 is 10.1 Å². The Bertz CT molecular complexity index is 611. The summed E-state index contributed by atoms with van der Waals surface area (Å²) in [5, 5.41) is 3.40. The molecule has 1 N–H and O–H groups in total. The minimum atomic E-state index is -0.00338. The Morgan fingerprint density at radius 1 is 1.24 bits per heavy atom. The maximum Gasteiger partial charge on any atom is 0.254 e. The topological polar surface area (TPSA) is 61.9 Å². The maximum absolute atomic E-state index is 12.6. The number of thioether (sulfide) groups is 1. The summed E-state index contributed by atoms with van der Waals surface area (Å²) in [5.74, 6) is 2.98. The Morgan fingerprint density at radius 3 is 2.68 bits per heavy atom. The average molecular weight is 363 g/mol. The summed E-state index contributed by atoms with van der Waals surface area (Å²) in [7, 11) is 1.59. The number of hydrogen-bond acceptors (Lipinski definition) is 5. The highest BCUT2D eigenvalue weighted by molar-refractivity contribution is 7.99. The van der Waals surface area contributed by atoms with E-state index in [-0.39, 0.29) is 17.9 Å². The number of carbonyl (C=O) groups excluding carboxylic acids is 2. The van der Waals surface area contributed by atoms with Crippen molar-refractivity contribution in [1.29, 1.82) is 0 Å². The van der Waals surface area contributed by atoms with Crippen LogP contribution >= 0.6 is 11.8 Å². The second kappa shape index (κ2) is 8.58. The average Bonchev–Trinajstić information content (AvgIpc) is 2.68. The lowest BCUT2D eigenvalue weighted by atomic mass is 10.1.